The van der Waals surface area contributed by atoms with E-state index in [0.29, 0.717) is 16.9 Å². The normalized spacial score (nSPS) is 11.3. The monoisotopic (exact) mass is 553 g/mol. The van der Waals surface area contributed by atoms with Crippen LogP contribution in [0.1, 0.15) is 23.6 Å². The number of amides is 2. The highest BCUT2D eigenvalue weighted by atomic mass is 35.5. The molecule has 0 saturated heterocycles. The third kappa shape index (κ3) is 6.91. The van der Waals surface area contributed by atoms with Crippen molar-refractivity contribution in [3.05, 3.63) is 81.9 Å². The van der Waals surface area contributed by atoms with E-state index < -0.39 is 16.0 Å². The van der Waals surface area contributed by atoms with Gasteiger partial charge < -0.3 is 19.6 Å². The first-order valence-corrected chi connectivity index (χ1v) is 12.9. The zero-order chi connectivity index (χ0) is 28.0. The van der Waals surface area contributed by atoms with Crippen molar-refractivity contribution in [3.63, 3.8) is 0 Å². The van der Waals surface area contributed by atoms with Gasteiger partial charge in [0, 0.05) is 18.3 Å². The number of halogens is 1. The summed E-state index contributed by atoms with van der Waals surface area (Å²) in [5.74, 6) is -1.23. The number of hydrogen-bond acceptors (Lipinski definition) is 7. The van der Waals surface area contributed by atoms with Crippen LogP contribution in [0, 0.1) is 25.2 Å². The minimum atomic E-state index is -4.32. The second-order valence-corrected chi connectivity index (χ2v) is 10.2. The van der Waals surface area contributed by atoms with E-state index in [4.69, 9.17) is 20.5 Å². The fourth-order valence-corrected chi connectivity index (χ4v) is 4.56. The van der Waals surface area contributed by atoms with Gasteiger partial charge >= 0.3 is 10.1 Å². The fourth-order valence-electron chi connectivity index (χ4n) is 3.30. The van der Waals surface area contributed by atoms with Crippen molar-refractivity contribution in [3.8, 4) is 17.6 Å². The summed E-state index contributed by atoms with van der Waals surface area (Å²) in [5.41, 5.74) is 3.10. The van der Waals surface area contributed by atoms with Gasteiger partial charge in [-0.25, -0.2) is 0 Å². The molecule has 0 saturated carbocycles. The smallest absolute Gasteiger partial charge is 0.339 e. The largest absolute Gasteiger partial charge is 0.493 e. The SMILES string of the molecule is COc1cc(/C=C(\C#N)C(=O)Nc2ccc(C)c(C)c2)cc(Cl)c1OS(=O)(=O)c1ccc(NC(C)=O)cc1. The topological polar surface area (TPSA) is 135 Å². The summed E-state index contributed by atoms with van der Waals surface area (Å²) in [4.78, 5) is 23.7. The molecule has 0 atom stereocenters. The number of rotatable bonds is 8. The molecule has 3 aromatic carbocycles. The molecule has 0 bridgehead atoms. The van der Waals surface area contributed by atoms with Crippen molar-refractivity contribution in [2.75, 3.05) is 17.7 Å². The molecular formula is C27H24ClN3O6S. The van der Waals surface area contributed by atoms with Crippen LogP contribution in [-0.4, -0.2) is 27.3 Å². The van der Waals surface area contributed by atoms with Gasteiger partial charge in [-0.1, -0.05) is 17.7 Å². The molecule has 2 amide bonds. The first-order chi connectivity index (χ1) is 17.9. The number of anilines is 2. The number of methoxy groups -OCH3 is 1. The van der Waals surface area contributed by atoms with Crippen LogP contribution in [0.3, 0.4) is 0 Å². The van der Waals surface area contributed by atoms with Crippen LogP contribution in [0.4, 0.5) is 11.4 Å². The van der Waals surface area contributed by atoms with Gasteiger partial charge in [-0.05, 0) is 85.1 Å². The van der Waals surface area contributed by atoms with E-state index in [0.717, 1.165) is 11.1 Å². The zero-order valence-electron chi connectivity index (χ0n) is 21.0. The Bertz CT molecular complexity index is 1580. The van der Waals surface area contributed by atoms with E-state index in [1.54, 1.807) is 12.1 Å². The number of ether oxygens (including phenoxy) is 1. The lowest BCUT2D eigenvalue weighted by Gasteiger charge is -2.14. The molecule has 0 aliphatic heterocycles. The molecule has 0 spiro atoms. The summed E-state index contributed by atoms with van der Waals surface area (Å²) in [7, 11) is -3.03. The molecule has 0 fully saturated rings. The first-order valence-electron chi connectivity index (χ1n) is 11.1. The predicted molar refractivity (Wildman–Crippen MR) is 145 cm³/mol. The van der Waals surface area contributed by atoms with Gasteiger partial charge in [0.05, 0.1) is 12.1 Å². The van der Waals surface area contributed by atoms with Gasteiger partial charge in [0.2, 0.25) is 11.7 Å². The van der Waals surface area contributed by atoms with Crippen LogP contribution >= 0.6 is 11.6 Å². The van der Waals surface area contributed by atoms with Crippen molar-refractivity contribution in [1.82, 2.24) is 0 Å². The Balaban J connectivity index is 1.87. The number of carbonyl (C=O) groups excluding carboxylic acids is 2. The van der Waals surface area contributed by atoms with Gasteiger partial charge in [-0.3, -0.25) is 9.59 Å². The van der Waals surface area contributed by atoms with E-state index in [-0.39, 0.29) is 32.9 Å². The minimum Gasteiger partial charge on any atom is -0.493 e. The quantitative estimate of drug-likeness (QED) is 0.221. The number of benzene rings is 3. The molecule has 0 radical (unpaired) electrons. The second kappa shape index (κ2) is 11.8. The average molecular weight is 554 g/mol. The average Bonchev–Trinajstić information content (AvgIpc) is 2.86. The van der Waals surface area contributed by atoms with E-state index >= 15 is 0 Å². The number of nitrogens with one attached hydrogen (secondary N) is 2. The van der Waals surface area contributed by atoms with Gasteiger partial charge in [-0.2, -0.15) is 13.7 Å². The van der Waals surface area contributed by atoms with Crippen LogP contribution in [-0.2, 0) is 19.7 Å². The second-order valence-electron chi connectivity index (χ2n) is 8.20. The van der Waals surface area contributed by atoms with Gasteiger partial charge in [0.15, 0.2) is 5.75 Å². The molecule has 3 aromatic rings. The Morgan fingerprint density at radius 2 is 1.63 bits per heavy atom. The number of nitriles is 1. The summed E-state index contributed by atoms with van der Waals surface area (Å²) in [5, 5.41) is 14.7. The molecule has 11 heteroatoms. The summed E-state index contributed by atoms with van der Waals surface area (Å²) < 4.78 is 36.2. The van der Waals surface area contributed by atoms with E-state index in [1.807, 2.05) is 26.0 Å². The molecule has 196 valence electrons. The maximum Gasteiger partial charge on any atom is 0.339 e. The minimum absolute atomic E-state index is 0.0333. The Morgan fingerprint density at radius 1 is 0.974 bits per heavy atom. The van der Waals surface area contributed by atoms with Gasteiger partial charge in [0.1, 0.15) is 16.5 Å². The molecule has 9 nitrogen and oxygen atoms in total. The molecule has 0 unspecified atom stereocenters. The predicted octanol–water partition coefficient (Wildman–Crippen LogP) is 5.24. The van der Waals surface area contributed by atoms with Crippen molar-refractivity contribution >= 4 is 51.0 Å². The maximum absolute atomic E-state index is 12.8. The van der Waals surface area contributed by atoms with Crippen LogP contribution in [0.25, 0.3) is 6.08 Å². The standard InChI is InChI=1S/C27H24ClN3O6S/c1-16-5-6-22(11-17(16)2)31-27(33)20(15-29)12-19-13-24(28)26(25(14-19)36-4)37-38(34,35)23-9-7-21(8-10-23)30-18(3)32/h5-14H,1-4H3,(H,30,32)(H,31,33)/b20-12+. The Kier molecular flexibility index (Phi) is 8.78. The van der Waals surface area contributed by atoms with Crippen molar-refractivity contribution < 1.29 is 26.9 Å². The van der Waals surface area contributed by atoms with Crippen molar-refractivity contribution in [2.45, 2.75) is 25.7 Å². The van der Waals surface area contributed by atoms with Gasteiger partial charge in [-0.15, -0.1) is 0 Å². The van der Waals surface area contributed by atoms with Gasteiger partial charge in [0.25, 0.3) is 5.91 Å². The number of hydrogen-bond donors (Lipinski definition) is 2. The summed E-state index contributed by atoms with van der Waals surface area (Å²) in [6.45, 7) is 5.18. The zero-order valence-corrected chi connectivity index (χ0v) is 22.5. The molecule has 0 aliphatic rings. The maximum atomic E-state index is 12.8. The fraction of sp³-hybridized carbons (Fsp3) is 0.148. The Hall–Kier alpha value is -4.33. The summed E-state index contributed by atoms with van der Waals surface area (Å²) >= 11 is 6.33. The van der Waals surface area contributed by atoms with Crippen molar-refractivity contribution in [1.29, 1.82) is 5.26 Å². The van der Waals surface area contributed by atoms with E-state index in [9.17, 15) is 23.3 Å². The third-order valence-electron chi connectivity index (χ3n) is 5.35. The van der Waals surface area contributed by atoms with Crippen LogP contribution in [0.2, 0.25) is 5.02 Å². The molecule has 0 aromatic heterocycles. The molecule has 0 aliphatic carbocycles. The van der Waals surface area contributed by atoms with Crippen LogP contribution < -0.4 is 19.6 Å². The first kappa shape index (κ1) is 28.2. The van der Waals surface area contributed by atoms with Crippen LogP contribution in [0.15, 0.2) is 65.1 Å². The number of carbonyl (C=O) groups is 2. The lowest BCUT2D eigenvalue weighted by molar-refractivity contribution is -0.114. The lowest BCUT2D eigenvalue weighted by Crippen LogP contribution is -2.13. The van der Waals surface area contributed by atoms with E-state index in [2.05, 4.69) is 10.6 Å². The highest BCUT2D eigenvalue weighted by molar-refractivity contribution is 7.87. The van der Waals surface area contributed by atoms with Crippen molar-refractivity contribution in [2.24, 2.45) is 0 Å². The third-order valence-corrected chi connectivity index (χ3v) is 6.87. The molecule has 0 heterocycles. The summed E-state index contributed by atoms with van der Waals surface area (Å²) in [6.07, 6.45) is 1.30. The highest BCUT2D eigenvalue weighted by Crippen LogP contribution is 2.39. The van der Waals surface area contributed by atoms with Crippen LogP contribution in [0.5, 0.6) is 11.5 Å². The Labute approximate surface area is 225 Å². The summed E-state index contributed by atoms with van der Waals surface area (Å²) in [6, 6.07) is 15.3. The van der Waals surface area contributed by atoms with E-state index in [1.165, 1.54) is 56.5 Å². The molecule has 3 rings (SSSR count). The molecule has 38 heavy (non-hydrogen) atoms. The molecule has 2 N–H and O–H groups in total. The molecular weight excluding hydrogens is 530 g/mol. The lowest BCUT2D eigenvalue weighted by atomic mass is 10.1. The number of nitrogens with zero attached hydrogens (tertiary/aromatic N) is 1. The number of aryl methyl sites for hydroxylation is 2. The Morgan fingerprint density at radius 3 is 2.21 bits per heavy atom. The highest BCUT2D eigenvalue weighted by Gasteiger charge is 2.22.